The van der Waals surface area contributed by atoms with Gasteiger partial charge in [0.05, 0.1) is 6.33 Å². The lowest BCUT2D eigenvalue weighted by atomic mass is 10.1. The number of nitrogens with one attached hydrogen (secondary N) is 2. The maximum absolute atomic E-state index is 11.4. The van der Waals surface area contributed by atoms with Crippen molar-refractivity contribution in [2.45, 2.75) is 13.3 Å². The third kappa shape index (κ3) is 3.19. The number of rotatable bonds is 4. The first-order chi connectivity index (χ1) is 8.20. The number of anilines is 1. The molecule has 2 heterocycles. The van der Waals surface area contributed by atoms with Gasteiger partial charge in [-0.2, -0.15) is 0 Å². The average Bonchev–Trinajstić information content (AvgIpc) is 2.79. The summed E-state index contributed by atoms with van der Waals surface area (Å²) < 4.78 is 0.635. The molecular formula is C11H17IN4O. The van der Waals surface area contributed by atoms with E-state index in [4.69, 9.17) is 0 Å². The Labute approximate surface area is 114 Å². The maximum Gasteiger partial charge on any atom is 0.266 e. The summed E-state index contributed by atoms with van der Waals surface area (Å²) >= 11 is 2.02. The molecule has 1 unspecified atom stereocenters. The van der Waals surface area contributed by atoms with Gasteiger partial charge in [-0.05, 0) is 48.0 Å². The Morgan fingerprint density at radius 2 is 2.53 bits per heavy atom. The normalized spacial score (nSPS) is 20.7. The number of likely N-dealkylation sites (tertiary alicyclic amines) is 1. The van der Waals surface area contributed by atoms with Gasteiger partial charge in [0.15, 0.2) is 0 Å². The number of aromatic amines is 1. The van der Waals surface area contributed by atoms with Crippen LogP contribution in [0.25, 0.3) is 0 Å². The molecule has 0 aromatic carbocycles. The predicted molar refractivity (Wildman–Crippen MR) is 76.3 cm³/mol. The lowest BCUT2D eigenvalue weighted by molar-refractivity contribution is 0.345. The molecule has 5 nitrogen and oxygen atoms in total. The lowest BCUT2D eigenvalue weighted by Gasteiger charge is -2.14. The van der Waals surface area contributed by atoms with E-state index in [1.807, 2.05) is 22.6 Å². The summed E-state index contributed by atoms with van der Waals surface area (Å²) in [5.74, 6) is 1.36. The van der Waals surface area contributed by atoms with Crippen molar-refractivity contribution >= 4 is 28.4 Å². The minimum atomic E-state index is -0.0790. The van der Waals surface area contributed by atoms with E-state index in [0.29, 0.717) is 15.3 Å². The molecule has 6 heteroatoms. The minimum Gasteiger partial charge on any atom is -0.369 e. The Morgan fingerprint density at radius 1 is 1.71 bits per heavy atom. The molecule has 1 aromatic heterocycles. The zero-order valence-electron chi connectivity index (χ0n) is 9.87. The molecule has 2 N–H and O–H groups in total. The smallest absolute Gasteiger partial charge is 0.266 e. The van der Waals surface area contributed by atoms with Gasteiger partial charge in [0.25, 0.3) is 5.56 Å². The van der Waals surface area contributed by atoms with Gasteiger partial charge in [-0.1, -0.05) is 6.92 Å². The Balaban J connectivity index is 1.90. The second-order valence-corrected chi connectivity index (χ2v) is 5.40. The number of hydrogen-bond donors (Lipinski definition) is 2. The Kier molecular flexibility index (Phi) is 4.38. The first-order valence-electron chi connectivity index (χ1n) is 5.90. The third-order valence-corrected chi connectivity index (χ3v) is 4.17. The van der Waals surface area contributed by atoms with Crippen LogP contribution < -0.4 is 10.9 Å². The van der Waals surface area contributed by atoms with Gasteiger partial charge in [0.1, 0.15) is 9.39 Å². The Morgan fingerprint density at radius 3 is 3.24 bits per heavy atom. The van der Waals surface area contributed by atoms with Gasteiger partial charge in [0, 0.05) is 13.1 Å². The molecule has 0 spiro atoms. The second kappa shape index (κ2) is 5.81. The lowest BCUT2D eigenvalue weighted by Crippen LogP contribution is -2.23. The minimum absolute atomic E-state index is 0.0790. The number of nitrogens with zero attached hydrogens (tertiary/aromatic N) is 2. The van der Waals surface area contributed by atoms with Crippen LogP contribution in [0.2, 0.25) is 0 Å². The standard InChI is InChI=1S/C11H17IN4O/c1-2-16-4-3-8(6-16)5-13-10-9(12)11(17)15-7-14-10/h7-8H,2-6H2,1H3,(H2,13,14,15,17). The van der Waals surface area contributed by atoms with Gasteiger partial charge in [0.2, 0.25) is 0 Å². The number of aromatic nitrogens is 2. The molecule has 0 amide bonds. The summed E-state index contributed by atoms with van der Waals surface area (Å²) in [5.41, 5.74) is -0.0790. The van der Waals surface area contributed by atoms with E-state index in [1.165, 1.54) is 19.3 Å². The van der Waals surface area contributed by atoms with Crippen LogP contribution >= 0.6 is 22.6 Å². The molecule has 0 radical (unpaired) electrons. The van der Waals surface area contributed by atoms with E-state index in [-0.39, 0.29) is 5.56 Å². The Bertz CT molecular complexity index is 434. The van der Waals surface area contributed by atoms with Crippen LogP contribution in [0, 0.1) is 9.49 Å². The van der Waals surface area contributed by atoms with Crippen LogP contribution in [0.5, 0.6) is 0 Å². The van der Waals surface area contributed by atoms with E-state index in [0.717, 1.165) is 19.6 Å². The second-order valence-electron chi connectivity index (χ2n) is 4.32. The van der Waals surface area contributed by atoms with E-state index >= 15 is 0 Å². The van der Waals surface area contributed by atoms with Gasteiger partial charge < -0.3 is 15.2 Å². The average molecular weight is 348 g/mol. The van der Waals surface area contributed by atoms with Gasteiger partial charge >= 0.3 is 0 Å². The highest BCUT2D eigenvalue weighted by Crippen LogP contribution is 2.17. The van der Waals surface area contributed by atoms with Crippen molar-refractivity contribution in [3.63, 3.8) is 0 Å². The van der Waals surface area contributed by atoms with Crippen LogP contribution in [0.3, 0.4) is 0 Å². The topological polar surface area (TPSA) is 61.0 Å². The highest BCUT2D eigenvalue weighted by molar-refractivity contribution is 14.1. The van der Waals surface area contributed by atoms with E-state index < -0.39 is 0 Å². The van der Waals surface area contributed by atoms with E-state index in [2.05, 4.69) is 27.1 Å². The Hall–Kier alpha value is -0.630. The van der Waals surface area contributed by atoms with Crippen LogP contribution in [-0.4, -0.2) is 41.0 Å². The van der Waals surface area contributed by atoms with E-state index in [1.54, 1.807) is 0 Å². The van der Waals surface area contributed by atoms with E-state index in [9.17, 15) is 4.79 Å². The molecule has 0 bridgehead atoms. The highest BCUT2D eigenvalue weighted by Gasteiger charge is 2.21. The van der Waals surface area contributed by atoms with Crippen LogP contribution in [-0.2, 0) is 0 Å². The quantitative estimate of drug-likeness (QED) is 0.801. The van der Waals surface area contributed by atoms with Gasteiger partial charge in [-0.3, -0.25) is 4.79 Å². The molecule has 0 saturated carbocycles. The zero-order chi connectivity index (χ0) is 12.3. The van der Waals surface area contributed by atoms with Crippen molar-refractivity contribution < 1.29 is 0 Å². The number of H-pyrrole nitrogens is 1. The molecule has 94 valence electrons. The van der Waals surface area contributed by atoms with Crippen molar-refractivity contribution in [2.24, 2.45) is 5.92 Å². The van der Waals surface area contributed by atoms with Crippen molar-refractivity contribution in [2.75, 3.05) is 31.5 Å². The molecule has 1 aliphatic rings. The first kappa shape index (κ1) is 12.8. The highest BCUT2D eigenvalue weighted by atomic mass is 127. The fourth-order valence-corrected chi connectivity index (χ4v) is 2.60. The molecule has 1 saturated heterocycles. The number of hydrogen-bond acceptors (Lipinski definition) is 4. The van der Waals surface area contributed by atoms with Gasteiger partial charge in [-0.15, -0.1) is 0 Å². The molecule has 1 aromatic rings. The SMILES string of the molecule is CCN1CCC(CNc2nc[nH]c(=O)c2I)C1. The third-order valence-electron chi connectivity index (χ3n) is 3.17. The predicted octanol–water partition coefficient (Wildman–Crippen LogP) is 1.13. The van der Waals surface area contributed by atoms with Gasteiger partial charge in [-0.25, -0.2) is 4.98 Å². The van der Waals surface area contributed by atoms with Crippen LogP contribution in [0.1, 0.15) is 13.3 Å². The summed E-state index contributed by atoms with van der Waals surface area (Å²) in [4.78, 5) is 20.5. The fourth-order valence-electron chi connectivity index (χ4n) is 2.11. The first-order valence-corrected chi connectivity index (χ1v) is 6.98. The largest absolute Gasteiger partial charge is 0.369 e. The van der Waals surface area contributed by atoms with Crippen molar-refractivity contribution in [1.29, 1.82) is 0 Å². The maximum atomic E-state index is 11.4. The summed E-state index contributed by atoms with van der Waals surface area (Å²) in [6, 6.07) is 0. The monoisotopic (exact) mass is 348 g/mol. The van der Waals surface area contributed by atoms with Crippen LogP contribution in [0.15, 0.2) is 11.1 Å². The van der Waals surface area contributed by atoms with Crippen molar-refractivity contribution in [3.8, 4) is 0 Å². The number of halogens is 1. The molecule has 0 aliphatic carbocycles. The molecule has 2 rings (SSSR count). The summed E-state index contributed by atoms with van der Waals surface area (Å²) in [6.45, 7) is 6.53. The molecule has 1 aliphatic heterocycles. The molecular weight excluding hydrogens is 331 g/mol. The summed E-state index contributed by atoms with van der Waals surface area (Å²) in [5, 5.41) is 3.28. The van der Waals surface area contributed by atoms with Crippen LogP contribution in [0.4, 0.5) is 5.82 Å². The molecule has 1 atom stereocenters. The summed E-state index contributed by atoms with van der Waals surface area (Å²) in [6.07, 6.45) is 2.67. The zero-order valence-corrected chi connectivity index (χ0v) is 12.0. The van der Waals surface area contributed by atoms with Crippen molar-refractivity contribution in [1.82, 2.24) is 14.9 Å². The van der Waals surface area contributed by atoms with Crippen molar-refractivity contribution in [3.05, 3.63) is 20.3 Å². The molecule has 17 heavy (non-hydrogen) atoms. The summed E-state index contributed by atoms with van der Waals surface area (Å²) in [7, 11) is 0. The fraction of sp³-hybridized carbons (Fsp3) is 0.636. The molecule has 1 fully saturated rings.